The van der Waals surface area contributed by atoms with E-state index in [0.29, 0.717) is 17.2 Å². The maximum absolute atomic E-state index is 12.8. The van der Waals surface area contributed by atoms with Crippen molar-refractivity contribution in [1.29, 1.82) is 0 Å². The van der Waals surface area contributed by atoms with Gasteiger partial charge in [0.2, 0.25) is 0 Å². The number of hydrogen-bond donors (Lipinski definition) is 1. The minimum atomic E-state index is -0.259. The fourth-order valence-electron chi connectivity index (χ4n) is 4.21. The zero-order valence-corrected chi connectivity index (χ0v) is 20.6. The highest BCUT2D eigenvalue weighted by Gasteiger charge is 2.19. The topological polar surface area (TPSA) is 56.1 Å². The first-order chi connectivity index (χ1) is 16.4. The molecular weight excluding hydrogens is 446 g/mol. The summed E-state index contributed by atoms with van der Waals surface area (Å²) in [5.74, 6) is 1.59. The molecule has 1 atom stereocenters. The summed E-state index contributed by atoms with van der Waals surface area (Å²) in [5, 5.41) is 3.61. The van der Waals surface area contributed by atoms with Gasteiger partial charge < -0.3 is 14.6 Å². The Morgan fingerprint density at radius 2 is 1.79 bits per heavy atom. The monoisotopic (exact) mass is 475 g/mol. The first-order valence-electron chi connectivity index (χ1n) is 11.6. The molecule has 1 aromatic heterocycles. The van der Waals surface area contributed by atoms with Crippen molar-refractivity contribution in [2.75, 3.05) is 6.61 Å². The van der Waals surface area contributed by atoms with E-state index in [9.17, 15) is 4.79 Å². The third-order valence-corrected chi connectivity index (χ3v) is 5.98. The van der Waals surface area contributed by atoms with E-state index in [0.717, 1.165) is 42.0 Å². The van der Waals surface area contributed by atoms with Gasteiger partial charge >= 0.3 is 0 Å². The molecule has 0 spiro atoms. The van der Waals surface area contributed by atoms with E-state index in [2.05, 4.69) is 48.0 Å². The predicted molar refractivity (Wildman–Crippen MR) is 138 cm³/mol. The molecule has 4 rings (SSSR count). The van der Waals surface area contributed by atoms with Crippen LogP contribution in [0.25, 0.3) is 11.0 Å². The van der Waals surface area contributed by atoms with Crippen LogP contribution in [0.4, 0.5) is 0 Å². The first kappa shape index (κ1) is 23.8. The van der Waals surface area contributed by atoms with Gasteiger partial charge in [-0.2, -0.15) is 0 Å². The van der Waals surface area contributed by atoms with Gasteiger partial charge in [-0.25, -0.2) is 4.98 Å². The van der Waals surface area contributed by atoms with E-state index >= 15 is 0 Å². The Bertz CT molecular complexity index is 1280. The van der Waals surface area contributed by atoms with Gasteiger partial charge in [0.15, 0.2) is 0 Å². The van der Waals surface area contributed by atoms with Crippen molar-refractivity contribution in [3.63, 3.8) is 0 Å². The van der Waals surface area contributed by atoms with Gasteiger partial charge in [0.05, 0.1) is 23.7 Å². The van der Waals surface area contributed by atoms with E-state index in [-0.39, 0.29) is 11.9 Å². The number of hydrogen-bond acceptors (Lipinski definition) is 3. The number of carbonyl (C=O) groups is 1. The largest absolute Gasteiger partial charge is 0.494 e. The van der Waals surface area contributed by atoms with Crippen LogP contribution >= 0.6 is 11.6 Å². The van der Waals surface area contributed by atoms with Gasteiger partial charge in [0.25, 0.3) is 5.91 Å². The summed E-state index contributed by atoms with van der Waals surface area (Å²) in [5.41, 5.74) is 4.94. The van der Waals surface area contributed by atoms with E-state index in [4.69, 9.17) is 21.3 Å². The van der Waals surface area contributed by atoms with Crippen molar-refractivity contribution in [2.45, 2.75) is 46.2 Å². The minimum absolute atomic E-state index is 0.171. The number of unbranched alkanes of at least 4 members (excludes halogenated alkanes) is 1. The number of nitrogens with one attached hydrogen (secondary N) is 1. The highest BCUT2D eigenvalue weighted by atomic mass is 35.5. The second kappa shape index (κ2) is 10.7. The molecule has 4 aromatic rings. The van der Waals surface area contributed by atoms with Gasteiger partial charge in [-0.1, -0.05) is 35.9 Å². The normalized spacial score (nSPS) is 12.0. The van der Waals surface area contributed by atoms with Crippen LogP contribution in [0.3, 0.4) is 0 Å². The molecule has 1 amide bonds. The van der Waals surface area contributed by atoms with Crippen molar-refractivity contribution in [3.05, 3.63) is 94.3 Å². The van der Waals surface area contributed by atoms with Crippen molar-refractivity contribution >= 4 is 28.5 Å². The molecule has 0 saturated carbocycles. The summed E-state index contributed by atoms with van der Waals surface area (Å²) < 4.78 is 8.17. The number of benzene rings is 3. The van der Waals surface area contributed by atoms with Gasteiger partial charge in [-0.3, -0.25) is 4.79 Å². The zero-order chi connectivity index (χ0) is 24.1. The Kier molecular flexibility index (Phi) is 7.53. The molecule has 1 heterocycles. The molecule has 0 aliphatic rings. The summed E-state index contributed by atoms with van der Waals surface area (Å²) in [6, 6.07) is 21.1. The number of imidazole rings is 1. The second-order valence-corrected chi connectivity index (χ2v) is 9.13. The molecule has 5 nitrogen and oxygen atoms in total. The Morgan fingerprint density at radius 3 is 2.56 bits per heavy atom. The number of fused-ring (bicyclic) bond motifs is 1. The van der Waals surface area contributed by atoms with Crippen LogP contribution in [-0.4, -0.2) is 22.1 Å². The predicted octanol–water partition coefficient (Wildman–Crippen LogP) is 6.66. The highest BCUT2D eigenvalue weighted by molar-refractivity contribution is 6.30. The van der Waals surface area contributed by atoms with Crippen molar-refractivity contribution in [3.8, 4) is 5.75 Å². The lowest BCUT2D eigenvalue weighted by molar-refractivity contribution is 0.0937. The Morgan fingerprint density at radius 1 is 1.03 bits per heavy atom. The Labute approximate surface area is 205 Å². The van der Waals surface area contributed by atoms with Crippen LogP contribution in [0.15, 0.2) is 66.7 Å². The van der Waals surface area contributed by atoms with Crippen molar-refractivity contribution < 1.29 is 9.53 Å². The summed E-state index contributed by atoms with van der Waals surface area (Å²) in [7, 11) is 0. The smallest absolute Gasteiger partial charge is 0.251 e. The zero-order valence-electron chi connectivity index (χ0n) is 19.8. The average molecular weight is 476 g/mol. The van der Waals surface area contributed by atoms with Crippen LogP contribution in [0.2, 0.25) is 5.02 Å². The van der Waals surface area contributed by atoms with Crippen LogP contribution in [0.1, 0.15) is 53.1 Å². The van der Waals surface area contributed by atoms with Gasteiger partial charge in [-0.15, -0.1) is 0 Å². The van der Waals surface area contributed by atoms with Crippen molar-refractivity contribution in [1.82, 2.24) is 14.9 Å². The van der Waals surface area contributed by atoms with Gasteiger partial charge in [0.1, 0.15) is 11.6 Å². The number of amides is 1. The maximum Gasteiger partial charge on any atom is 0.251 e. The van der Waals surface area contributed by atoms with Gasteiger partial charge in [0, 0.05) is 17.1 Å². The number of nitrogens with zero attached hydrogens (tertiary/aromatic N) is 2. The van der Waals surface area contributed by atoms with Gasteiger partial charge in [-0.05, 0) is 87.2 Å². The number of rotatable bonds is 9. The van der Waals surface area contributed by atoms with E-state index in [1.807, 2.05) is 25.1 Å². The Hall–Kier alpha value is -3.31. The van der Waals surface area contributed by atoms with E-state index < -0.39 is 0 Å². The third-order valence-electron chi connectivity index (χ3n) is 5.75. The number of ether oxygens (including phenoxy) is 1. The molecule has 1 unspecified atom stereocenters. The van der Waals surface area contributed by atoms with Crippen LogP contribution < -0.4 is 10.1 Å². The minimum Gasteiger partial charge on any atom is -0.494 e. The molecule has 0 bridgehead atoms. The standard InChI is InChI=1S/C28H30ClN3O2/c1-19-15-20(2)17-24(16-19)34-14-7-6-13-32-26-12-5-4-11-25(26)31-27(32)21(3)30-28(33)22-9-8-10-23(29)18-22/h4-5,8-12,15-18,21H,6-7,13-14H2,1-3H3,(H,30,33). The lowest BCUT2D eigenvalue weighted by atomic mass is 10.1. The number of halogens is 1. The number of aryl methyl sites for hydroxylation is 3. The van der Waals surface area contributed by atoms with Crippen LogP contribution in [-0.2, 0) is 6.54 Å². The quantitative estimate of drug-likeness (QED) is 0.275. The number of aromatic nitrogens is 2. The second-order valence-electron chi connectivity index (χ2n) is 8.69. The molecule has 0 aliphatic heterocycles. The molecule has 0 radical (unpaired) electrons. The van der Waals surface area contributed by atoms with E-state index in [1.54, 1.807) is 24.3 Å². The molecule has 0 saturated heterocycles. The Balaban J connectivity index is 1.42. The SMILES string of the molecule is Cc1cc(C)cc(OCCCCn2c(C(C)NC(=O)c3cccc(Cl)c3)nc3ccccc32)c1. The van der Waals surface area contributed by atoms with Crippen molar-refractivity contribution in [2.24, 2.45) is 0 Å². The van der Waals surface area contributed by atoms with E-state index in [1.165, 1.54) is 11.1 Å². The molecule has 0 aliphatic carbocycles. The molecule has 1 N–H and O–H groups in total. The molecule has 176 valence electrons. The fourth-order valence-corrected chi connectivity index (χ4v) is 4.40. The summed E-state index contributed by atoms with van der Waals surface area (Å²) in [6.45, 7) is 7.58. The third kappa shape index (κ3) is 5.78. The molecule has 0 fully saturated rings. The summed E-state index contributed by atoms with van der Waals surface area (Å²) in [4.78, 5) is 17.6. The lowest BCUT2D eigenvalue weighted by Gasteiger charge is -2.17. The first-order valence-corrected chi connectivity index (χ1v) is 12.0. The number of para-hydroxylation sites is 2. The maximum atomic E-state index is 12.8. The van der Waals surface area contributed by atoms with Crippen LogP contribution in [0.5, 0.6) is 5.75 Å². The fraction of sp³-hybridized carbons (Fsp3) is 0.286. The molecule has 34 heavy (non-hydrogen) atoms. The number of carbonyl (C=O) groups excluding carboxylic acids is 1. The lowest BCUT2D eigenvalue weighted by Crippen LogP contribution is -2.28. The molecular formula is C28H30ClN3O2. The molecule has 3 aromatic carbocycles. The summed E-state index contributed by atoms with van der Waals surface area (Å²) >= 11 is 6.05. The molecule has 6 heteroatoms. The summed E-state index contributed by atoms with van der Waals surface area (Å²) in [6.07, 6.45) is 1.86. The highest BCUT2D eigenvalue weighted by Crippen LogP contribution is 2.23. The van der Waals surface area contributed by atoms with Crippen LogP contribution in [0, 0.1) is 13.8 Å². The average Bonchev–Trinajstić information content (AvgIpc) is 3.17.